The summed E-state index contributed by atoms with van der Waals surface area (Å²) in [5.74, 6) is 0.510. The second-order valence-corrected chi connectivity index (χ2v) is 5.93. The van der Waals surface area contributed by atoms with Crippen LogP contribution < -0.4 is 5.43 Å². The van der Waals surface area contributed by atoms with E-state index in [9.17, 15) is 15.3 Å². The molecule has 1 aliphatic heterocycles. The third-order valence-corrected chi connectivity index (χ3v) is 3.88. The maximum absolute atomic E-state index is 10.6. The molecule has 0 aliphatic carbocycles. The van der Waals surface area contributed by atoms with Gasteiger partial charge in [0.25, 0.3) is 0 Å². The lowest BCUT2D eigenvalue weighted by molar-refractivity contribution is -0.0950. The second kappa shape index (κ2) is 5.65. The lowest BCUT2D eigenvalue weighted by Gasteiger charge is -2.27. The van der Waals surface area contributed by atoms with Crippen LogP contribution in [0.2, 0.25) is 0 Å². The number of anilines is 1. The van der Waals surface area contributed by atoms with Crippen LogP contribution in [0.15, 0.2) is 12.7 Å². The zero-order chi connectivity index (χ0) is 16.8. The Kier molecular flexibility index (Phi) is 3.94. The summed E-state index contributed by atoms with van der Waals surface area (Å²) >= 11 is 0. The molecule has 3 heterocycles. The predicted molar refractivity (Wildman–Crippen MR) is 80.3 cm³/mol. The molecule has 0 radical (unpaired) electrons. The number of hydrogen-bond donors (Lipinski definition) is 4. The zero-order valence-electron chi connectivity index (χ0n) is 13.1. The average Bonchev–Trinajstić information content (AvgIpc) is 3.00. The first-order valence-corrected chi connectivity index (χ1v) is 7.14. The van der Waals surface area contributed by atoms with E-state index in [2.05, 4.69) is 20.4 Å². The quantitative estimate of drug-likeness (QED) is 0.508. The Hall–Kier alpha value is -1.85. The first-order chi connectivity index (χ1) is 10.9. The Labute approximate surface area is 132 Å². The molecule has 2 aromatic rings. The van der Waals surface area contributed by atoms with Crippen LogP contribution in [0.4, 0.5) is 5.82 Å². The number of imidazole rings is 1. The van der Waals surface area contributed by atoms with E-state index in [-0.39, 0.29) is 0 Å². The van der Waals surface area contributed by atoms with E-state index in [1.807, 2.05) is 14.1 Å². The normalized spacial score (nSPS) is 31.2. The summed E-state index contributed by atoms with van der Waals surface area (Å²) in [6.07, 6.45) is -0.200. The number of nitrogens with zero attached hydrogens (tertiary/aromatic N) is 5. The van der Waals surface area contributed by atoms with Crippen LogP contribution in [0.3, 0.4) is 0 Å². The highest BCUT2D eigenvalue weighted by atomic mass is 16.6. The topological polar surface area (TPSA) is 129 Å². The van der Waals surface area contributed by atoms with Crippen LogP contribution in [0, 0.1) is 0 Å². The Morgan fingerprint density at radius 3 is 2.74 bits per heavy atom. The van der Waals surface area contributed by atoms with E-state index in [1.54, 1.807) is 5.01 Å². The van der Waals surface area contributed by atoms with Gasteiger partial charge in [0.15, 0.2) is 23.2 Å². The Morgan fingerprint density at radius 2 is 2.13 bits per heavy atom. The largest absolute Gasteiger partial charge is 0.394 e. The standard InChI is InChI=1S/C13H20N6O4/c1-13(22)9(21)7(4-20)23-12(13)19-6-16-8-10(17-18(2)3)14-5-15-11(8)19/h5-7,9,12,20-22H,4H2,1-3H3,(H,14,15,17)/t7-,9-,12-,13-/m1/s1. The Bertz CT molecular complexity index is 703. The lowest BCUT2D eigenvalue weighted by Crippen LogP contribution is -2.44. The van der Waals surface area contributed by atoms with Crippen molar-refractivity contribution in [3.05, 3.63) is 12.7 Å². The fourth-order valence-corrected chi connectivity index (χ4v) is 2.71. The molecule has 0 aromatic carbocycles. The van der Waals surface area contributed by atoms with Crippen LogP contribution in [-0.4, -0.2) is 78.4 Å². The highest BCUT2D eigenvalue weighted by molar-refractivity contribution is 5.82. The van der Waals surface area contributed by atoms with Crippen molar-refractivity contribution in [3.8, 4) is 0 Å². The molecule has 2 aromatic heterocycles. The molecule has 10 nitrogen and oxygen atoms in total. The maximum Gasteiger partial charge on any atom is 0.172 e. The number of rotatable bonds is 4. The summed E-state index contributed by atoms with van der Waals surface area (Å²) < 4.78 is 7.12. The minimum Gasteiger partial charge on any atom is -0.394 e. The highest BCUT2D eigenvalue weighted by Gasteiger charge is 2.53. The van der Waals surface area contributed by atoms with Gasteiger partial charge in [-0.15, -0.1) is 0 Å². The molecule has 1 aliphatic rings. The zero-order valence-corrected chi connectivity index (χ0v) is 13.1. The molecule has 0 saturated carbocycles. The van der Waals surface area contributed by atoms with Gasteiger partial charge in [-0.25, -0.2) is 20.0 Å². The van der Waals surface area contributed by atoms with Crippen molar-refractivity contribution in [2.45, 2.75) is 31.0 Å². The van der Waals surface area contributed by atoms with Gasteiger partial charge in [0.05, 0.1) is 12.9 Å². The van der Waals surface area contributed by atoms with E-state index in [1.165, 1.54) is 24.1 Å². The third-order valence-electron chi connectivity index (χ3n) is 3.88. The van der Waals surface area contributed by atoms with E-state index in [4.69, 9.17) is 4.74 Å². The van der Waals surface area contributed by atoms with Crippen molar-refractivity contribution >= 4 is 17.0 Å². The molecule has 4 N–H and O–H groups in total. The van der Waals surface area contributed by atoms with Crippen LogP contribution in [0.1, 0.15) is 13.2 Å². The summed E-state index contributed by atoms with van der Waals surface area (Å²) in [6.45, 7) is 1.05. The van der Waals surface area contributed by atoms with Gasteiger partial charge in [-0.1, -0.05) is 0 Å². The number of fused-ring (bicyclic) bond motifs is 1. The number of ether oxygens (including phenoxy) is 1. The fraction of sp³-hybridized carbons (Fsp3) is 0.615. The third kappa shape index (κ3) is 2.54. The number of aromatic nitrogens is 4. The van der Waals surface area contributed by atoms with Gasteiger partial charge in [-0.3, -0.25) is 4.57 Å². The van der Waals surface area contributed by atoms with Crippen molar-refractivity contribution < 1.29 is 20.1 Å². The summed E-state index contributed by atoms with van der Waals surface area (Å²) in [5, 5.41) is 31.7. The minimum absolute atomic E-state index is 0.400. The molecule has 0 spiro atoms. The average molecular weight is 324 g/mol. The molecule has 3 rings (SSSR count). The molecular weight excluding hydrogens is 304 g/mol. The van der Waals surface area contributed by atoms with Gasteiger partial charge < -0.3 is 25.5 Å². The molecule has 0 unspecified atom stereocenters. The molecule has 126 valence electrons. The van der Waals surface area contributed by atoms with Gasteiger partial charge in [0, 0.05) is 14.1 Å². The van der Waals surface area contributed by atoms with Gasteiger partial charge in [-0.05, 0) is 6.92 Å². The van der Waals surface area contributed by atoms with E-state index < -0.39 is 30.6 Å². The summed E-state index contributed by atoms with van der Waals surface area (Å²) in [5.41, 5.74) is 2.37. The Morgan fingerprint density at radius 1 is 1.39 bits per heavy atom. The number of aliphatic hydroxyl groups excluding tert-OH is 2. The predicted octanol–water partition coefficient (Wildman–Crippen LogP) is -1.28. The summed E-state index contributed by atoms with van der Waals surface area (Å²) in [6, 6.07) is 0. The van der Waals surface area contributed by atoms with Crippen molar-refractivity contribution in [3.63, 3.8) is 0 Å². The van der Waals surface area contributed by atoms with Crippen molar-refractivity contribution in [2.24, 2.45) is 0 Å². The van der Waals surface area contributed by atoms with E-state index in [0.717, 1.165) is 0 Å². The van der Waals surface area contributed by atoms with Crippen LogP contribution in [0.25, 0.3) is 11.2 Å². The molecule has 4 atom stereocenters. The monoisotopic (exact) mass is 324 g/mol. The van der Waals surface area contributed by atoms with Crippen molar-refractivity contribution in [1.29, 1.82) is 0 Å². The van der Waals surface area contributed by atoms with Gasteiger partial charge in [0.1, 0.15) is 24.1 Å². The second-order valence-electron chi connectivity index (χ2n) is 5.93. The summed E-state index contributed by atoms with van der Waals surface area (Å²) in [7, 11) is 3.63. The first-order valence-electron chi connectivity index (χ1n) is 7.14. The SMILES string of the molecule is CN(C)Nc1ncnc2c1ncn2[C@@H]1O[C@H](CO)[C@@H](O)[C@@]1(C)O. The van der Waals surface area contributed by atoms with Crippen LogP contribution >= 0.6 is 0 Å². The van der Waals surface area contributed by atoms with Gasteiger partial charge in [0.2, 0.25) is 0 Å². The van der Waals surface area contributed by atoms with Gasteiger partial charge >= 0.3 is 0 Å². The summed E-state index contributed by atoms with van der Waals surface area (Å²) in [4.78, 5) is 12.6. The minimum atomic E-state index is -1.60. The smallest absolute Gasteiger partial charge is 0.172 e. The molecule has 1 saturated heterocycles. The molecule has 1 fully saturated rings. The highest BCUT2D eigenvalue weighted by Crippen LogP contribution is 2.39. The van der Waals surface area contributed by atoms with Crippen LogP contribution in [-0.2, 0) is 4.74 Å². The molecule has 23 heavy (non-hydrogen) atoms. The number of hydrogen-bond acceptors (Lipinski definition) is 9. The molecular formula is C13H20N6O4. The number of nitrogens with one attached hydrogen (secondary N) is 1. The lowest BCUT2D eigenvalue weighted by atomic mass is 9.96. The number of aliphatic hydroxyl groups is 3. The molecule has 0 bridgehead atoms. The Balaban J connectivity index is 2.04. The van der Waals surface area contributed by atoms with Crippen LogP contribution in [0.5, 0.6) is 0 Å². The fourth-order valence-electron chi connectivity index (χ4n) is 2.71. The molecule has 10 heteroatoms. The molecule has 0 amide bonds. The first kappa shape index (κ1) is 16.0. The van der Waals surface area contributed by atoms with Gasteiger partial charge in [-0.2, -0.15) is 0 Å². The van der Waals surface area contributed by atoms with E-state index >= 15 is 0 Å². The van der Waals surface area contributed by atoms with Crippen molar-refractivity contribution in [2.75, 3.05) is 26.1 Å². The number of hydrazine groups is 1. The maximum atomic E-state index is 10.6. The van der Waals surface area contributed by atoms with E-state index in [0.29, 0.717) is 17.0 Å². The van der Waals surface area contributed by atoms with Crippen molar-refractivity contribution in [1.82, 2.24) is 24.5 Å².